The molecule has 0 atom stereocenters. The maximum Gasteiger partial charge on any atom is 0.122 e. The average Bonchev–Trinajstić information content (AvgIpc) is 2.43. The molecule has 0 amide bonds. The van der Waals surface area contributed by atoms with E-state index in [0.29, 0.717) is 0 Å². The van der Waals surface area contributed by atoms with Gasteiger partial charge in [-0.15, -0.1) is 6.58 Å². The SMILES string of the molecule is C=CCc1ccccc1OCCCCCNCC(C)C. The van der Waals surface area contributed by atoms with Crippen LogP contribution in [0.1, 0.15) is 38.7 Å². The van der Waals surface area contributed by atoms with Crippen LogP contribution in [-0.2, 0) is 6.42 Å². The fourth-order valence-electron chi connectivity index (χ4n) is 2.07. The van der Waals surface area contributed by atoms with Crippen LogP contribution in [0.15, 0.2) is 36.9 Å². The van der Waals surface area contributed by atoms with Crippen LogP contribution >= 0.6 is 0 Å². The number of unbranched alkanes of at least 4 members (excludes halogenated alkanes) is 2. The van der Waals surface area contributed by atoms with Crippen molar-refractivity contribution >= 4 is 0 Å². The van der Waals surface area contributed by atoms with Gasteiger partial charge < -0.3 is 10.1 Å². The maximum absolute atomic E-state index is 5.87. The van der Waals surface area contributed by atoms with Gasteiger partial charge in [-0.25, -0.2) is 0 Å². The molecule has 0 bridgehead atoms. The largest absolute Gasteiger partial charge is 0.493 e. The highest BCUT2D eigenvalue weighted by atomic mass is 16.5. The second-order valence-electron chi connectivity index (χ2n) is 5.61. The average molecular weight is 275 g/mol. The fraction of sp³-hybridized carbons (Fsp3) is 0.556. The molecule has 0 unspecified atom stereocenters. The molecule has 0 saturated heterocycles. The van der Waals surface area contributed by atoms with Crippen LogP contribution in [0.4, 0.5) is 0 Å². The zero-order valence-corrected chi connectivity index (χ0v) is 13.0. The van der Waals surface area contributed by atoms with E-state index in [0.717, 1.165) is 44.2 Å². The number of nitrogens with one attached hydrogen (secondary N) is 1. The molecular weight excluding hydrogens is 246 g/mol. The van der Waals surface area contributed by atoms with Gasteiger partial charge in [0.15, 0.2) is 0 Å². The monoisotopic (exact) mass is 275 g/mol. The number of ether oxygens (including phenoxy) is 1. The first-order valence-electron chi connectivity index (χ1n) is 7.76. The molecule has 0 aliphatic rings. The van der Waals surface area contributed by atoms with Crippen LogP contribution in [-0.4, -0.2) is 19.7 Å². The highest BCUT2D eigenvalue weighted by molar-refractivity contribution is 5.34. The Morgan fingerprint density at radius 3 is 2.75 bits per heavy atom. The van der Waals surface area contributed by atoms with Crippen molar-refractivity contribution < 1.29 is 4.74 Å². The second kappa shape index (κ2) is 10.5. The zero-order valence-electron chi connectivity index (χ0n) is 13.0. The third kappa shape index (κ3) is 7.34. The lowest BCUT2D eigenvalue weighted by Gasteiger charge is -2.10. The lowest BCUT2D eigenvalue weighted by molar-refractivity contribution is 0.302. The van der Waals surface area contributed by atoms with E-state index in [-0.39, 0.29) is 0 Å². The summed E-state index contributed by atoms with van der Waals surface area (Å²) >= 11 is 0. The molecule has 1 aromatic carbocycles. The molecule has 2 nitrogen and oxygen atoms in total. The summed E-state index contributed by atoms with van der Waals surface area (Å²) in [6, 6.07) is 8.22. The Hall–Kier alpha value is -1.28. The van der Waals surface area contributed by atoms with Crippen molar-refractivity contribution in [2.75, 3.05) is 19.7 Å². The Morgan fingerprint density at radius 1 is 1.20 bits per heavy atom. The van der Waals surface area contributed by atoms with Crippen molar-refractivity contribution in [2.45, 2.75) is 39.5 Å². The predicted molar refractivity (Wildman–Crippen MR) is 87.4 cm³/mol. The Bertz CT molecular complexity index is 373. The van der Waals surface area contributed by atoms with Gasteiger partial charge in [-0.2, -0.15) is 0 Å². The van der Waals surface area contributed by atoms with Gasteiger partial charge in [-0.05, 0) is 56.3 Å². The number of para-hydroxylation sites is 1. The molecule has 0 fully saturated rings. The Kier molecular flexibility index (Phi) is 8.81. The van der Waals surface area contributed by atoms with E-state index in [4.69, 9.17) is 4.74 Å². The van der Waals surface area contributed by atoms with Crippen LogP contribution in [0.5, 0.6) is 5.75 Å². The van der Waals surface area contributed by atoms with Crippen LogP contribution in [0.25, 0.3) is 0 Å². The fourth-order valence-corrected chi connectivity index (χ4v) is 2.07. The summed E-state index contributed by atoms with van der Waals surface area (Å²) < 4.78 is 5.87. The molecule has 0 aromatic heterocycles. The highest BCUT2D eigenvalue weighted by Crippen LogP contribution is 2.19. The molecule has 1 N–H and O–H groups in total. The summed E-state index contributed by atoms with van der Waals surface area (Å²) in [7, 11) is 0. The Balaban J connectivity index is 2.10. The molecule has 0 radical (unpaired) electrons. The van der Waals surface area contributed by atoms with Gasteiger partial charge in [0.2, 0.25) is 0 Å². The summed E-state index contributed by atoms with van der Waals surface area (Å²) in [5, 5.41) is 3.47. The topological polar surface area (TPSA) is 21.3 Å². The summed E-state index contributed by atoms with van der Waals surface area (Å²) in [5.74, 6) is 1.74. The number of benzene rings is 1. The van der Waals surface area contributed by atoms with Gasteiger partial charge in [0, 0.05) is 0 Å². The van der Waals surface area contributed by atoms with Gasteiger partial charge in [0.05, 0.1) is 6.61 Å². The summed E-state index contributed by atoms with van der Waals surface area (Å²) in [6.45, 7) is 11.3. The molecule has 0 heterocycles. The quantitative estimate of drug-likeness (QED) is 0.482. The third-order valence-electron chi connectivity index (χ3n) is 3.14. The molecule has 0 spiro atoms. The smallest absolute Gasteiger partial charge is 0.122 e. The van der Waals surface area contributed by atoms with E-state index in [1.54, 1.807) is 0 Å². The van der Waals surface area contributed by atoms with E-state index in [1.807, 2.05) is 24.3 Å². The van der Waals surface area contributed by atoms with Crippen LogP contribution in [0, 0.1) is 5.92 Å². The lowest BCUT2D eigenvalue weighted by atomic mass is 10.1. The number of rotatable bonds is 11. The van der Waals surface area contributed by atoms with Gasteiger partial charge in [-0.1, -0.05) is 38.1 Å². The van der Waals surface area contributed by atoms with Crippen LogP contribution in [0.2, 0.25) is 0 Å². The number of hydrogen-bond acceptors (Lipinski definition) is 2. The van der Waals surface area contributed by atoms with Gasteiger partial charge in [0.1, 0.15) is 5.75 Å². The molecule has 0 aliphatic carbocycles. The maximum atomic E-state index is 5.87. The highest BCUT2D eigenvalue weighted by Gasteiger charge is 2.00. The van der Waals surface area contributed by atoms with E-state index < -0.39 is 0 Å². The minimum Gasteiger partial charge on any atom is -0.493 e. The van der Waals surface area contributed by atoms with Crippen molar-refractivity contribution in [3.05, 3.63) is 42.5 Å². The zero-order chi connectivity index (χ0) is 14.6. The Labute approximate surface area is 124 Å². The summed E-state index contributed by atoms with van der Waals surface area (Å²) in [6.07, 6.45) is 6.35. The Morgan fingerprint density at radius 2 is 2.00 bits per heavy atom. The lowest BCUT2D eigenvalue weighted by Crippen LogP contribution is -2.20. The van der Waals surface area contributed by atoms with E-state index in [9.17, 15) is 0 Å². The van der Waals surface area contributed by atoms with Crippen molar-refractivity contribution in [1.29, 1.82) is 0 Å². The molecule has 20 heavy (non-hydrogen) atoms. The first-order chi connectivity index (χ1) is 9.74. The number of allylic oxidation sites excluding steroid dienone is 1. The molecule has 0 saturated carbocycles. The van der Waals surface area contributed by atoms with Crippen molar-refractivity contribution in [3.63, 3.8) is 0 Å². The van der Waals surface area contributed by atoms with Gasteiger partial charge in [-0.3, -0.25) is 0 Å². The minimum atomic E-state index is 0.736. The minimum absolute atomic E-state index is 0.736. The summed E-state index contributed by atoms with van der Waals surface area (Å²) in [4.78, 5) is 0. The molecule has 0 aliphatic heterocycles. The molecule has 2 heteroatoms. The first-order valence-corrected chi connectivity index (χ1v) is 7.76. The summed E-state index contributed by atoms with van der Waals surface area (Å²) in [5.41, 5.74) is 1.22. The second-order valence-corrected chi connectivity index (χ2v) is 5.61. The third-order valence-corrected chi connectivity index (χ3v) is 3.14. The van der Waals surface area contributed by atoms with Crippen molar-refractivity contribution in [2.24, 2.45) is 5.92 Å². The number of hydrogen-bond donors (Lipinski definition) is 1. The van der Waals surface area contributed by atoms with Gasteiger partial charge in [0.25, 0.3) is 0 Å². The van der Waals surface area contributed by atoms with Crippen molar-refractivity contribution in [3.8, 4) is 5.75 Å². The van der Waals surface area contributed by atoms with E-state index in [2.05, 4.69) is 31.8 Å². The molecular formula is C18H29NO. The first kappa shape index (κ1) is 16.8. The van der Waals surface area contributed by atoms with E-state index in [1.165, 1.54) is 18.4 Å². The molecule has 112 valence electrons. The van der Waals surface area contributed by atoms with E-state index >= 15 is 0 Å². The van der Waals surface area contributed by atoms with Crippen molar-refractivity contribution in [1.82, 2.24) is 5.32 Å². The van der Waals surface area contributed by atoms with Gasteiger partial charge >= 0.3 is 0 Å². The van der Waals surface area contributed by atoms with Crippen LogP contribution < -0.4 is 10.1 Å². The molecule has 1 aromatic rings. The normalized spacial score (nSPS) is 10.8. The van der Waals surface area contributed by atoms with Crippen LogP contribution in [0.3, 0.4) is 0 Å². The molecule has 1 rings (SSSR count). The predicted octanol–water partition coefficient (Wildman–Crippen LogP) is 4.21. The standard InChI is InChI=1S/C18H29NO/c1-4-10-17-11-6-7-12-18(17)20-14-9-5-8-13-19-15-16(2)3/h4,6-7,11-12,16,19H,1,5,8-10,13-15H2,2-3H3.